The molecule has 3 N–H and O–H groups in total. The van der Waals surface area contributed by atoms with Gasteiger partial charge >= 0.3 is 5.97 Å². The lowest BCUT2D eigenvalue weighted by Gasteiger charge is -2.22. The number of nitrogens with two attached hydrogens (primary N) is 1. The van der Waals surface area contributed by atoms with Gasteiger partial charge in [-0.25, -0.2) is 4.79 Å². The molecule has 0 rings (SSSR count). The topological polar surface area (TPSA) is 100 Å². The number of carbonyl (C=O) groups is 1. The average molecular weight is 251 g/mol. The normalized spacial score (nSPS) is 16.5. The summed E-state index contributed by atoms with van der Waals surface area (Å²) in [5.41, 5.74) is 5.27. The summed E-state index contributed by atoms with van der Waals surface area (Å²) in [5, 5.41) is 8.40. The molecule has 3 atom stereocenters. The van der Waals surface area contributed by atoms with Gasteiger partial charge in [0, 0.05) is 6.54 Å². The molecule has 0 aromatic rings. The summed E-state index contributed by atoms with van der Waals surface area (Å²) < 4.78 is 20.6. The summed E-state index contributed by atoms with van der Waals surface area (Å²) in [5.74, 6) is -1.05. The zero-order chi connectivity index (χ0) is 13.3. The molecule has 0 heterocycles. The fraction of sp³-hybridized carbons (Fsp3) is 0.900. The average Bonchev–Trinajstić information content (AvgIpc) is 2.23. The molecule has 0 aliphatic rings. The number of carboxylic acids is 1. The molecule has 0 saturated carbocycles. The molecule has 0 aliphatic carbocycles. The maximum absolute atomic E-state index is 10.2. The third-order valence-electron chi connectivity index (χ3n) is 1.68. The van der Waals surface area contributed by atoms with Crippen LogP contribution in [0.5, 0.6) is 0 Å². The molecule has 0 fully saturated rings. The van der Waals surface area contributed by atoms with E-state index in [0.717, 1.165) is 0 Å². The van der Waals surface area contributed by atoms with Gasteiger partial charge in [0.15, 0.2) is 18.9 Å². The zero-order valence-electron chi connectivity index (χ0n) is 10.4. The molecule has 0 radical (unpaired) electrons. The Morgan fingerprint density at radius 2 is 1.65 bits per heavy atom. The zero-order valence-corrected chi connectivity index (χ0v) is 10.4. The largest absolute Gasteiger partial charge is 0.480 e. The summed E-state index contributed by atoms with van der Waals surface area (Å²) >= 11 is 0. The summed E-state index contributed by atoms with van der Waals surface area (Å²) in [6.07, 6.45) is -1.67. The lowest BCUT2D eigenvalue weighted by molar-refractivity contribution is -0.278. The molecule has 0 aromatic heterocycles. The first-order valence-corrected chi connectivity index (χ1v) is 5.41. The first-order valence-electron chi connectivity index (χ1n) is 5.41. The van der Waals surface area contributed by atoms with Crippen LogP contribution in [0.25, 0.3) is 0 Å². The number of rotatable bonds is 10. The van der Waals surface area contributed by atoms with Crippen molar-refractivity contribution in [3.8, 4) is 0 Å². The Labute approximate surface area is 101 Å². The highest BCUT2D eigenvalue weighted by atomic mass is 16.8. The lowest BCUT2D eigenvalue weighted by Crippen LogP contribution is -2.29. The lowest BCUT2D eigenvalue weighted by atomic mass is 10.6. The van der Waals surface area contributed by atoms with Crippen LogP contribution in [0.2, 0.25) is 0 Å². The Morgan fingerprint density at radius 1 is 1.12 bits per heavy atom. The minimum absolute atomic E-state index is 0.402. The number of carboxylic acid groups (broad SMARTS) is 1. The molecule has 0 saturated heterocycles. The summed E-state index contributed by atoms with van der Waals surface area (Å²) in [4.78, 5) is 10.2. The van der Waals surface area contributed by atoms with E-state index in [1.54, 1.807) is 20.8 Å². The fourth-order valence-corrected chi connectivity index (χ4v) is 1.07. The maximum Gasteiger partial charge on any atom is 0.329 e. The van der Waals surface area contributed by atoms with E-state index in [-0.39, 0.29) is 0 Å². The van der Waals surface area contributed by atoms with Crippen LogP contribution >= 0.6 is 0 Å². The highest BCUT2D eigenvalue weighted by Gasteiger charge is 2.13. The van der Waals surface area contributed by atoms with Crippen LogP contribution < -0.4 is 5.73 Å². The molecular formula is C10H21NO6. The third-order valence-corrected chi connectivity index (χ3v) is 1.68. The van der Waals surface area contributed by atoms with E-state index in [9.17, 15) is 4.79 Å². The predicted octanol–water partition coefficient (Wildman–Crippen LogP) is 0.134. The van der Waals surface area contributed by atoms with Crippen molar-refractivity contribution in [2.45, 2.75) is 39.6 Å². The standard InChI is InChI=1S/C10H21NO6/c1-7(14-5-4-11)16-9(3)17-8(2)15-6-10(12)13/h7-9H,4-6,11H2,1-3H3,(H,12,13). The molecule has 0 amide bonds. The Kier molecular flexibility index (Phi) is 8.92. The Balaban J connectivity index is 3.68. The van der Waals surface area contributed by atoms with Crippen LogP contribution in [0.3, 0.4) is 0 Å². The minimum Gasteiger partial charge on any atom is -0.480 e. The van der Waals surface area contributed by atoms with E-state index in [2.05, 4.69) is 0 Å². The number of ether oxygens (including phenoxy) is 4. The second-order valence-corrected chi connectivity index (χ2v) is 3.34. The van der Waals surface area contributed by atoms with Crippen LogP contribution in [0.4, 0.5) is 0 Å². The van der Waals surface area contributed by atoms with E-state index < -0.39 is 31.4 Å². The van der Waals surface area contributed by atoms with Crippen LogP contribution in [0, 0.1) is 0 Å². The summed E-state index contributed by atoms with van der Waals surface area (Å²) in [7, 11) is 0. The van der Waals surface area contributed by atoms with Crippen molar-refractivity contribution in [2.24, 2.45) is 5.73 Å². The van der Waals surface area contributed by atoms with Crippen molar-refractivity contribution in [1.82, 2.24) is 0 Å². The van der Waals surface area contributed by atoms with Gasteiger partial charge in [-0.1, -0.05) is 0 Å². The van der Waals surface area contributed by atoms with Crippen LogP contribution in [0.15, 0.2) is 0 Å². The summed E-state index contributed by atoms with van der Waals surface area (Å²) in [6, 6.07) is 0. The van der Waals surface area contributed by atoms with Crippen molar-refractivity contribution in [3.05, 3.63) is 0 Å². The number of hydrogen-bond donors (Lipinski definition) is 2. The van der Waals surface area contributed by atoms with Crippen molar-refractivity contribution in [3.63, 3.8) is 0 Å². The van der Waals surface area contributed by atoms with Gasteiger partial charge in [-0.2, -0.15) is 0 Å². The minimum atomic E-state index is -1.05. The smallest absolute Gasteiger partial charge is 0.329 e. The monoisotopic (exact) mass is 251 g/mol. The molecular weight excluding hydrogens is 230 g/mol. The predicted molar refractivity (Wildman–Crippen MR) is 59.2 cm³/mol. The first kappa shape index (κ1) is 16.3. The second kappa shape index (κ2) is 9.32. The van der Waals surface area contributed by atoms with Crippen molar-refractivity contribution in [2.75, 3.05) is 19.8 Å². The van der Waals surface area contributed by atoms with Crippen molar-refractivity contribution in [1.29, 1.82) is 0 Å². The van der Waals surface area contributed by atoms with Crippen LogP contribution in [0.1, 0.15) is 20.8 Å². The molecule has 17 heavy (non-hydrogen) atoms. The molecule has 3 unspecified atom stereocenters. The Hall–Kier alpha value is -0.730. The molecule has 7 nitrogen and oxygen atoms in total. The SMILES string of the molecule is CC(OCCN)OC(C)OC(C)OCC(=O)O. The van der Waals surface area contributed by atoms with Crippen molar-refractivity contribution >= 4 is 5.97 Å². The molecule has 0 aliphatic heterocycles. The van der Waals surface area contributed by atoms with Gasteiger partial charge in [0.05, 0.1) is 6.61 Å². The fourth-order valence-electron chi connectivity index (χ4n) is 1.07. The second-order valence-electron chi connectivity index (χ2n) is 3.34. The number of hydrogen-bond acceptors (Lipinski definition) is 6. The van der Waals surface area contributed by atoms with E-state index in [1.807, 2.05) is 0 Å². The van der Waals surface area contributed by atoms with Gasteiger partial charge in [-0.3, -0.25) is 0 Å². The van der Waals surface area contributed by atoms with Gasteiger partial charge in [0.2, 0.25) is 0 Å². The third kappa shape index (κ3) is 10.2. The van der Waals surface area contributed by atoms with Crippen LogP contribution in [-0.4, -0.2) is 49.7 Å². The van der Waals surface area contributed by atoms with E-state index in [1.165, 1.54) is 0 Å². The molecule has 0 aromatic carbocycles. The van der Waals surface area contributed by atoms with E-state index in [0.29, 0.717) is 13.2 Å². The van der Waals surface area contributed by atoms with E-state index in [4.69, 9.17) is 29.8 Å². The molecule has 0 bridgehead atoms. The van der Waals surface area contributed by atoms with Crippen molar-refractivity contribution < 1.29 is 28.8 Å². The molecule has 7 heteroatoms. The molecule has 102 valence electrons. The van der Waals surface area contributed by atoms with Gasteiger partial charge < -0.3 is 29.8 Å². The van der Waals surface area contributed by atoms with E-state index >= 15 is 0 Å². The summed E-state index contributed by atoms with van der Waals surface area (Å²) in [6.45, 7) is 5.39. The molecule has 0 spiro atoms. The number of aliphatic carboxylic acids is 1. The van der Waals surface area contributed by atoms with Gasteiger partial charge in [0.1, 0.15) is 6.61 Å². The van der Waals surface area contributed by atoms with Gasteiger partial charge in [-0.15, -0.1) is 0 Å². The Morgan fingerprint density at radius 3 is 2.12 bits per heavy atom. The first-order chi connectivity index (χ1) is 7.95. The maximum atomic E-state index is 10.2. The Bertz CT molecular complexity index is 213. The highest BCUT2D eigenvalue weighted by Crippen LogP contribution is 2.05. The van der Waals surface area contributed by atoms with Crippen LogP contribution in [-0.2, 0) is 23.7 Å². The highest BCUT2D eigenvalue weighted by molar-refractivity contribution is 5.67. The quantitative estimate of drug-likeness (QED) is 0.532. The van der Waals surface area contributed by atoms with Gasteiger partial charge in [-0.05, 0) is 20.8 Å². The van der Waals surface area contributed by atoms with Gasteiger partial charge in [0.25, 0.3) is 0 Å².